The first-order chi connectivity index (χ1) is 10.2. The fourth-order valence-corrected chi connectivity index (χ4v) is 3.61. The summed E-state index contributed by atoms with van der Waals surface area (Å²) >= 11 is 1.84. The molecular weight excluding hydrogens is 286 g/mol. The Morgan fingerprint density at radius 3 is 2.71 bits per heavy atom. The second kappa shape index (κ2) is 8.41. The molecule has 1 aliphatic rings. The third-order valence-electron chi connectivity index (χ3n) is 3.53. The Morgan fingerprint density at radius 1 is 1.33 bits per heavy atom. The number of nitrogens with one attached hydrogen (secondary N) is 1. The Labute approximate surface area is 130 Å². The van der Waals surface area contributed by atoms with E-state index >= 15 is 0 Å². The van der Waals surface area contributed by atoms with Crippen LogP contribution in [-0.4, -0.2) is 43.6 Å². The van der Waals surface area contributed by atoms with Crippen molar-refractivity contribution in [2.75, 3.05) is 33.0 Å². The summed E-state index contributed by atoms with van der Waals surface area (Å²) in [5.41, 5.74) is 0. The molecule has 5 heteroatoms. The maximum absolute atomic E-state index is 11.8. The minimum atomic E-state index is -0.0450. The predicted molar refractivity (Wildman–Crippen MR) is 84.6 cm³/mol. The van der Waals surface area contributed by atoms with Crippen molar-refractivity contribution in [2.24, 2.45) is 0 Å². The zero-order valence-electron chi connectivity index (χ0n) is 12.5. The Kier molecular flexibility index (Phi) is 6.54. The van der Waals surface area contributed by atoms with Crippen molar-refractivity contribution >= 4 is 17.7 Å². The van der Waals surface area contributed by atoms with Gasteiger partial charge >= 0.3 is 0 Å². The molecule has 1 N–H and O–H groups in total. The minimum absolute atomic E-state index is 0.0154. The lowest BCUT2D eigenvalue weighted by Crippen LogP contribution is -2.45. The number of carbonyl (C=O) groups is 1. The van der Waals surface area contributed by atoms with Crippen molar-refractivity contribution in [3.63, 3.8) is 0 Å². The van der Waals surface area contributed by atoms with E-state index in [1.54, 1.807) is 0 Å². The zero-order valence-corrected chi connectivity index (χ0v) is 13.3. The second-order valence-corrected chi connectivity index (χ2v) is 6.67. The molecule has 0 atom stereocenters. The molecule has 0 spiro atoms. The van der Waals surface area contributed by atoms with Gasteiger partial charge in [-0.2, -0.15) is 0 Å². The zero-order chi connectivity index (χ0) is 15.0. The molecule has 1 aromatic carbocycles. The van der Waals surface area contributed by atoms with Gasteiger partial charge in [0, 0.05) is 36.0 Å². The van der Waals surface area contributed by atoms with Crippen molar-refractivity contribution in [3.05, 3.63) is 30.3 Å². The molecular formula is C16H23NO3S. The Hall–Kier alpha value is -1.04. The number of hydrogen-bond donors (Lipinski definition) is 1. The van der Waals surface area contributed by atoms with Gasteiger partial charge in [-0.25, -0.2) is 0 Å². The molecule has 21 heavy (non-hydrogen) atoms. The average Bonchev–Trinajstić information content (AvgIpc) is 2.53. The normalized spacial score (nSPS) is 17.4. The lowest BCUT2D eigenvalue weighted by molar-refractivity contribution is -0.125. The van der Waals surface area contributed by atoms with E-state index in [1.807, 2.05) is 36.9 Å². The monoisotopic (exact) mass is 309 g/mol. The van der Waals surface area contributed by atoms with Crippen molar-refractivity contribution < 1.29 is 14.3 Å². The maximum Gasteiger partial charge on any atom is 0.246 e. The summed E-state index contributed by atoms with van der Waals surface area (Å²) in [5, 5.41) is 3.01. The summed E-state index contributed by atoms with van der Waals surface area (Å²) < 4.78 is 10.6. The number of rotatable bonds is 7. The highest BCUT2D eigenvalue weighted by Crippen LogP contribution is 2.39. The van der Waals surface area contributed by atoms with E-state index in [9.17, 15) is 4.79 Å². The van der Waals surface area contributed by atoms with Crippen LogP contribution in [0, 0.1) is 0 Å². The van der Waals surface area contributed by atoms with E-state index in [0.29, 0.717) is 13.2 Å². The second-order valence-electron chi connectivity index (χ2n) is 5.12. The summed E-state index contributed by atoms with van der Waals surface area (Å²) in [6.07, 6.45) is 1.89. The molecule has 1 aromatic rings. The Bertz CT molecular complexity index is 432. The Morgan fingerprint density at radius 2 is 2.05 bits per heavy atom. The van der Waals surface area contributed by atoms with Gasteiger partial charge in [-0.15, -0.1) is 11.8 Å². The van der Waals surface area contributed by atoms with Gasteiger partial charge in [0.2, 0.25) is 5.91 Å². The first-order valence-corrected chi connectivity index (χ1v) is 8.22. The Balaban J connectivity index is 1.95. The maximum atomic E-state index is 11.8. The van der Waals surface area contributed by atoms with Crippen LogP contribution in [0.3, 0.4) is 0 Å². The van der Waals surface area contributed by atoms with E-state index in [1.165, 1.54) is 4.90 Å². The fraction of sp³-hybridized carbons (Fsp3) is 0.562. The van der Waals surface area contributed by atoms with Crippen molar-refractivity contribution in [3.8, 4) is 0 Å². The molecule has 2 rings (SSSR count). The largest absolute Gasteiger partial charge is 0.381 e. The summed E-state index contributed by atoms with van der Waals surface area (Å²) in [7, 11) is 0. The van der Waals surface area contributed by atoms with Crippen LogP contribution in [0.1, 0.15) is 19.8 Å². The van der Waals surface area contributed by atoms with Crippen LogP contribution >= 0.6 is 11.8 Å². The molecule has 1 aliphatic heterocycles. The lowest BCUT2D eigenvalue weighted by Gasteiger charge is -2.36. The molecule has 0 radical (unpaired) electrons. The summed E-state index contributed by atoms with van der Waals surface area (Å²) in [4.78, 5) is 13.0. The highest BCUT2D eigenvalue weighted by molar-refractivity contribution is 8.00. The highest BCUT2D eigenvalue weighted by Gasteiger charge is 2.34. The molecule has 0 aliphatic carbocycles. The molecule has 116 valence electrons. The van der Waals surface area contributed by atoms with Crippen molar-refractivity contribution in [1.82, 2.24) is 5.32 Å². The first-order valence-electron chi connectivity index (χ1n) is 7.40. The van der Waals surface area contributed by atoms with Crippen LogP contribution in [0.15, 0.2) is 35.2 Å². The van der Waals surface area contributed by atoms with Crippen LogP contribution in [0.5, 0.6) is 0 Å². The standard InChI is InChI=1S/C16H23NO3S/c1-2-19-12-15(18)17-13-16(8-10-20-11-9-16)21-14-6-4-3-5-7-14/h3-7H,2,8-13H2,1H3,(H,17,18). The predicted octanol–water partition coefficient (Wildman–Crippen LogP) is 2.48. The SMILES string of the molecule is CCOCC(=O)NCC1(Sc2ccccc2)CCOCC1. The van der Waals surface area contributed by atoms with Gasteiger partial charge in [0.1, 0.15) is 6.61 Å². The summed E-state index contributed by atoms with van der Waals surface area (Å²) in [6.45, 7) is 4.74. The van der Waals surface area contributed by atoms with E-state index < -0.39 is 0 Å². The number of ether oxygens (including phenoxy) is 2. The molecule has 0 unspecified atom stereocenters. The van der Waals surface area contributed by atoms with Gasteiger partial charge in [0.15, 0.2) is 0 Å². The number of hydrogen-bond acceptors (Lipinski definition) is 4. The smallest absolute Gasteiger partial charge is 0.246 e. The summed E-state index contributed by atoms with van der Waals surface area (Å²) in [6, 6.07) is 10.3. The van der Waals surface area contributed by atoms with Crippen LogP contribution < -0.4 is 5.32 Å². The number of thioether (sulfide) groups is 1. The van der Waals surface area contributed by atoms with Gasteiger partial charge in [0.25, 0.3) is 0 Å². The van der Waals surface area contributed by atoms with Crippen LogP contribution in [-0.2, 0) is 14.3 Å². The number of amides is 1. The van der Waals surface area contributed by atoms with Gasteiger partial charge in [-0.1, -0.05) is 18.2 Å². The van der Waals surface area contributed by atoms with Crippen molar-refractivity contribution in [1.29, 1.82) is 0 Å². The molecule has 1 fully saturated rings. The first kappa shape index (κ1) is 16.3. The molecule has 0 bridgehead atoms. The molecule has 1 heterocycles. The number of carbonyl (C=O) groups excluding carboxylic acids is 1. The average molecular weight is 309 g/mol. The van der Waals surface area contributed by atoms with E-state index in [-0.39, 0.29) is 17.3 Å². The molecule has 1 amide bonds. The quantitative estimate of drug-likeness (QED) is 0.840. The van der Waals surface area contributed by atoms with E-state index in [4.69, 9.17) is 9.47 Å². The minimum Gasteiger partial charge on any atom is -0.381 e. The molecule has 0 aromatic heterocycles. The molecule has 1 saturated heterocycles. The highest BCUT2D eigenvalue weighted by atomic mass is 32.2. The number of benzene rings is 1. The molecule has 4 nitrogen and oxygen atoms in total. The van der Waals surface area contributed by atoms with E-state index in [0.717, 1.165) is 26.1 Å². The van der Waals surface area contributed by atoms with Gasteiger partial charge in [0.05, 0.1) is 0 Å². The van der Waals surface area contributed by atoms with Gasteiger partial charge in [-0.3, -0.25) is 4.79 Å². The molecule has 0 saturated carbocycles. The van der Waals surface area contributed by atoms with Gasteiger partial charge in [-0.05, 0) is 31.9 Å². The lowest BCUT2D eigenvalue weighted by atomic mass is 9.99. The van der Waals surface area contributed by atoms with E-state index in [2.05, 4.69) is 17.4 Å². The van der Waals surface area contributed by atoms with Gasteiger partial charge < -0.3 is 14.8 Å². The van der Waals surface area contributed by atoms with Crippen LogP contribution in [0.4, 0.5) is 0 Å². The van der Waals surface area contributed by atoms with Crippen LogP contribution in [0.2, 0.25) is 0 Å². The summed E-state index contributed by atoms with van der Waals surface area (Å²) in [5.74, 6) is -0.0450. The third kappa shape index (κ3) is 5.34. The third-order valence-corrected chi connectivity index (χ3v) is 5.02. The van der Waals surface area contributed by atoms with Crippen LogP contribution in [0.25, 0.3) is 0 Å². The van der Waals surface area contributed by atoms with Crippen molar-refractivity contribution in [2.45, 2.75) is 29.4 Å². The topological polar surface area (TPSA) is 47.6 Å². The fourth-order valence-electron chi connectivity index (χ4n) is 2.30.